The van der Waals surface area contributed by atoms with E-state index in [1.807, 2.05) is 18.2 Å². The summed E-state index contributed by atoms with van der Waals surface area (Å²) in [6.07, 6.45) is 0. The normalized spacial score (nSPS) is 26.0. The number of methoxy groups -OCH3 is 1. The number of halogens is 1. The molecule has 4 heteroatoms. The minimum atomic E-state index is 0.148. The first-order chi connectivity index (χ1) is 7.63. The number of rotatable bonds is 2. The third kappa shape index (κ3) is 2.03. The van der Waals surface area contributed by atoms with Gasteiger partial charge in [0.05, 0.1) is 12.1 Å². The number of nitrogens with zero attached hydrogens (tertiary/aromatic N) is 1. The quantitative estimate of drug-likeness (QED) is 0.855. The lowest BCUT2D eigenvalue weighted by atomic mass is 9.94. The van der Waals surface area contributed by atoms with E-state index in [1.165, 1.54) is 0 Å². The van der Waals surface area contributed by atoms with Crippen LogP contribution in [-0.2, 0) is 0 Å². The summed E-state index contributed by atoms with van der Waals surface area (Å²) < 4.78 is 5.22. The number of hydrogen-bond donors (Lipinski definition) is 1. The molecule has 1 aliphatic rings. The van der Waals surface area contributed by atoms with Crippen molar-refractivity contribution in [3.63, 3.8) is 0 Å². The molecule has 0 radical (unpaired) electrons. The fraction of sp³-hybridized carbons (Fsp3) is 0.500. The molecule has 1 saturated heterocycles. The topological polar surface area (TPSA) is 38.5 Å². The molecule has 1 aliphatic heterocycles. The second kappa shape index (κ2) is 4.62. The van der Waals surface area contributed by atoms with Crippen LogP contribution in [0.3, 0.4) is 0 Å². The van der Waals surface area contributed by atoms with Crippen molar-refractivity contribution >= 4 is 11.6 Å². The Hall–Kier alpha value is -0.770. The molecule has 1 aromatic rings. The van der Waals surface area contributed by atoms with Crippen molar-refractivity contribution < 1.29 is 4.74 Å². The Morgan fingerprint density at radius 2 is 2.19 bits per heavy atom. The van der Waals surface area contributed by atoms with Crippen LogP contribution in [0.15, 0.2) is 18.2 Å². The molecular weight excluding hydrogens is 224 g/mol. The molecule has 0 spiro atoms. The van der Waals surface area contributed by atoms with Gasteiger partial charge in [-0.25, -0.2) is 0 Å². The molecule has 1 aromatic carbocycles. The Kier molecular flexibility index (Phi) is 3.38. The Morgan fingerprint density at radius 3 is 2.75 bits per heavy atom. The van der Waals surface area contributed by atoms with Crippen LogP contribution in [0, 0.1) is 0 Å². The molecule has 88 valence electrons. The van der Waals surface area contributed by atoms with Gasteiger partial charge in [0.1, 0.15) is 5.75 Å². The maximum absolute atomic E-state index is 6.30. The van der Waals surface area contributed by atoms with Crippen molar-refractivity contribution in [3.05, 3.63) is 28.8 Å². The third-order valence-electron chi connectivity index (χ3n) is 3.16. The van der Waals surface area contributed by atoms with Gasteiger partial charge >= 0.3 is 0 Å². The molecule has 1 fully saturated rings. The zero-order chi connectivity index (χ0) is 11.7. The van der Waals surface area contributed by atoms with Crippen LogP contribution in [0.1, 0.15) is 11.5 Å². The van der Waals surface area contributed by atoms with Crippen LogP contribution < -0.4 is 10.5 Å². The van der Waals surface area contributed by atoms with Crippen molar-refractivity contribution in [2.24, 2.45) is 5.73 Å². The van der Waals surface area contributed by atoms with Crippen molar-refractivity contribution in [3.8, 4) is 5.75 Å². The van der Waals surface area contributed by atoms with Crippen LogP contribution in [-0.4, -0.2) is 38.2 Å². The molecule has 0 saturated carbocycles. The van der Waals surface area contributed by atoms with E-state index in [9.17, 15) is 0 Å². The van der Waals surface area contributed by atoms with Crippen LogP contribution in [0.25, 0.3) is 0 Å². The van der Waals surface area contributed by atoms with Gasteiger partial charge in [0, 0.05) is 25.0 Å². The number of benzene rings is 1. The highest BCUT2D eigenvalue weighted by molar-refractivity contribution is 6.32. The lowest BCUT2D eigenvalue weighted by molar-refractivity contribution is 0.406. The molecule has 2 N–H and O–H groups in total. The van der Waals surface area contributed by atoms with Crippen molar-refractivity contribution in [1.82, 2.24) is 4.90 Å². The van der Waals surface area contributed by atoms with Crippen molar-refractivity contribution in [2.75, 3.05) is 27.2 Å². The van der Waals surface area contributed by atoms with Gasteiger partial charge in [0.15, 0.2) is 0 Å². The Balaban J connectivity index is 2.33. The van der Waals surface area contributed by atoms with Gasteiger partial charge in [0.25, 0.3) is 0 Å². The lowest BCUT2D eigenvalue weighted by Crippen LogP contribution is -2.28. The second-order valence-electron chi connectivity index (χ2n) is 4.36. The molecule has 0 aromatic heterocycles. The Labute approximate surface area is 101 Å². The summed E-state index contributed by atoms with van der Waals surface area (Å²) in [6, 6.07) is 6.02. The summed E-state index contributed by atoms with van der Waals surface area (Å²) >= 11 is 6.30. The fourth-order valence-corrected chi connectivity index (χ4v) is 2.68. The first-order valence-corrected chi connectivity index (χ1v) is 5.77. The molecule has 0 bridgehead atoms. The molecule has 2 rings (SSSR count). The summed E-state index contributed by atoms with van der Waals surface area (Å²) in [6.45, 7) is 1.87. The van der Waals surface area contributed by atoms with Gasteiger partial charge in [-0.2, -0.15) is 0 Å². The zero-order valence-electron chi connectivity index (χ0n) is 9.61. The number of ether oxygens (including phenoxy) is 1. The van der Waals surface area contributed by atoms with Crippen LogP contribution in [0.2, 0.25) is 5.02 Å². The van der Waals surface area contributed by atoms with E-state index in [1.54, 1.807) is 7.11 Å². The maximum Gasteiger partial charge on any atom is 0.137 e. The lowest BCUT2D eigenvalue weighted by Gasteiger charge is -2.17. The average molecular weight is 241 g/mol. The minimum absolute atomic E-state index is 0.148. The van der Waals surface area contributed by atoms with E-state index in [-0.39, 0.29) is 6.04 Å². The van der Waals surface area contributed by atoms with Crippen LogP contribution in [0.5, 0.6) is 5.75 Å². The van der Waals surface area contributed by atoms with Gasteiger partial charge in [0.2, 0.25) is 0 Å². The van der Waals surface area contributed by atoms with Crippen molar-refractivity contribution in [1.29, 1.82) is 0 Å². The minimum Gasteiger partial charge on any atom is -0.495 e. The average Bonchev–Trinajstić information content (AvgIpc) is 2.58. The highest BCUT2D eigenvalue weighted by Crippen LogP contribution is 2.36. The van der Waals surface area contributed by atoms with Crippen molar-refractivity contribution in [2.45, 2.75) is 12.0 Å². The van der Waals surface area contributed by atoms with Gasteiger partial charge < -0.3 is 15.4 Å². The van der Waals surface area contributed by atoms with Gasteiger partial charge in [-0.15, -0.1) is 0 Å². The van der Waals surface area contributed by atoms with E-state index in [0.717, 1.165) is 24.4 Å². The highest BCUT2D eigenvalue weighted by Gasteiger charge is 2.31. The largest absolute Gasteiger partial charge is 0.495 e. The van der Waals surface area contributed by atoms with Gasteiger partial charge in [-0.1, -0.05) is 23.7 Å². The van der Waals surface area contributed by atoms with E-state index in [0.29, 0.717) is 10.9 Å². The first-order valence-electron chi connectivity index (χ1n) is 5.40. The zero-order valence-corrected chi connectivity index (χ0v) is 10.4. The Bertz CT molecular complexity index is 383. The Morgan fingerprint density at radius 1 is 1.44 bits per heavy atom. The predicted molar refractivity (Wildman–Crippen MR) is 66.2 cm³/mol. The van der Waals surface area contributed by atoms with Crippen LogP contribution in [0.4, 0.5) is 0 Å². The second-order valence-corrected chi connectivity index (χ2v) is 4.73. The molecule has 16 heavy (non-hydrogen) atoms. The molecule has 0 aliphatic carbocycles. The smallest absolute Gasteiger partial charge is 0.137 e. The number of hydrogen-bond acceptors (Lipinski definition) is 3. The standard InChI is InChI=1S/C12H17ClN2O/c1-15-6-9(10(14)7-15)8-4-3-5-11(16-2)12(8)13/h3-5,9-10H,6-7,14H2,1-2H3. The monoisotopic (exact) mass is 240 g/mol. The summed E-state index contributed by atoms with van der Waals surface area (Å²) in [4.78, 5) is 2.23. The van der Waals surface area contributed by atoms with E-state index >= 15 is 0 Å². The van der Waals surface area contributed by atoms with Crippen LogP contribution >= 0.6 is 11.6 Å². The molecule has 2 atom stereocenters. The number of nitrogens with two attached hydrogens (primary N) is 1. The summed E-state index contributed by atoms with van der Waals surface area (Å²) in [5, 5.41) is 0.695. The highest BCUT2D eigenvalue weighted by atomic mass is 35.5. The van der Waals surface area contributed by atoms with Gasteiger partial charge in [-0.05, 0) is 18.7 Å². The third-order valence-corrected chi connectivity index (χ3v) is 3.56. The van der Waals surface area contributed by atoms with E-state index < -0.39 is 0 Å². The molecule has 3 nitrogen and oxygen atoms in total. The molecule has 1 heterocycles. The predicted octanol–water partition coefficient (Wildman–Crippen LogP) is 1.70. The maximum atomic E-state index is 6.30. The summed E-state index contributed by atoms with van der Waals surface area (Å²) in [7, 11) is 3.71. The molecular formula is C12H17ClN2O. The number of likely N-dealkylation sites (tertiary alicyclic amines) is 1. The van der Waals surface area contributed by atoms with E-state index in [4.69, 9.17) is 22.1 Å². The molecule has 0 amide bonds. The SMILES string of the molecule is COc1cccc(C2CN(C)CC2N)c1Cl. The fourth-order valence-electron chi connectivity index (χ4n) is 2.33. The summed E-state index contributed by atoms with van der Waals surface area (Å²) in [5.74, 6) is 1.02. The molecule has 2 unspecified atom stereocenters. The van der Waals surface area contributed by atoms with Gasteiger partial charge in [-0.3, -0.25) is 0 Å². The first kappa shape index (κ1) is 11.7. The summed E-state index contributed by atoms with van der Waals surface area (Å²) in [5.41, 5.74) is 7.22. The number of likely N-dealkylation sites (N-methyl/N-ethyl adjacent to an activating group) is 1. The van der Waals surface area contributed by atoms with E-state index in [2.05, 4.69) is 11.9 Å².